The maximum absolute atomic E-state index is 5.55. The first-order valence-electron chi connectivity index (χ1n) is 9.18. The number of fused-ring (bicyclic) bond motifs is 1. The van der Waals surface area contributed by atoms with E-state index < -0.39 is 0 Å². The molecule has 2 heterocycles. The Labute approximate surface area is 148 Å². The molecule has 1 aromatic carbocycles. The zero-order valence-corrected chi connectivity index (χ0v) is 14.6. The number of hydrogen-bond donors (Lipinski definition) is 1. The van der Waals surface area contributed by atoms with E-state index in [-0.39, 0.29) is 0 Å². The smallest absolute Gasteiger partial charge is 0.235 e. The van der Waals surface area contributed by atoms with Gasteiger partial charge < -0.3 is 10.1 Å². The minimum absolute atomic E-state index is 0.510. The SMILES string of the molecule is CCOc1ccc(-c2nc3ncccn3c2NC2CCCCC2)cc1. The highest BCUT2D eigenvalue weighted by Gasteiger charge is 2.19. The molecule has 1 aliphatic carbocycles. The summed E-state index contributed by atoms with van der Waals surface area (Å²) in [5.41, 5.74) is 2.03. The lowest BCUT2D eigenvalue weighted by molar-refractivity contribution is 0.340. The lowest BCUT2D eigenvalue weighted by Crippen LogP contribution is -2.23. The molecule has 3 aromatic rings. The largest absolute Gasteiger partial charge is 0.494 e. The van der Waals surface area contributed by atoms with E-state index in [0.29, 0.717) is 12.6 Å². The monoisotopic (exact) mass is 336 g/mol. The first-order valence-corrected chi connectivity index (χ1v) is 9.18. The number of ether oxygens (including phenoxy) is 1. The van der Waals surface area contributed by atoms with Crippen LogP contribution in [0, 0.1) is 0 Å². The molecule has 5 nitrogen and oxygen atoms in total. The summed E-state index contributed by atoms with van der Waals surface area (Å²) < 4.78 is 7.61. The Morgan fingerprint density at radius 3 is 2.72 bits per heavy atom. The van der Waals surface area contributed by atoms with Crippen LogP contribution in [0.2, 0.25) is 0 Å². The van der Waals surface area contributed by atoms with Crippen molar-refractivity contribution in [2.75, 3.05) is 11.9 Å². The van der Waals surface area contributed by atoms with E-state index in [0.717, 1.165) is 28.6 Å². The van der Waals surface area contributed by atoms with Crippen LogP contribution in [0.5, 0.6) is 5.75 Å². The molecule has 0 saturated heterocycles. The van der Waals surface area contributed by atoms with Crippen LogP contribution in [-0.2, 0) is 0 Å². The second-order valence-corrected chi connectivity index (χ2v) is 6.54. The molecule has 4 rings (SSSR count). The fourth-order valence-corrected chi connectivity index (χ4v) is 3.54. The van der Waals surface area contributed by atoms with E-state index in [1.807, 2.05) is 31.3 Å². The third-order valence-electron chi connectivity index (χ3n) is 4.79. The molecule has 1 fully saturated rings. The number of hydrogen-bond acceptors (Lipinski definition) is 4. The van der Waals surface area contributed by atoms with Gasteiger partial charge in [0.15, 0.2) is 0 Å². The standard InChI is InChI=1S/C20H24N4O/c1-2-25-17-11-9-15(10-12-17)18-19(22-16-7-4-3-5-8-16)24-14-6-13-21-20(24)23-18/h6,9-14,16,22H,2-5,7-8H2,1H3. The number of anilines is 1. The van der Waals surface area contributed by atoms with Crippen molar-refractivity contribution in [3.8, 4) is 17.0 Å². The summed E-state index contributed by atoms with van der Waals surface area (Å²) in [5.74, 6) is 2.65. The molecule has 0 bridgehead atoms. The molecular formula is C20H24N4O. The van der Waals surface area contributed by atoms with Crippen molar-refractivity contribution in [1.82, 2.24) is 14.4 Å². The minimum atomic E-state index is 0.510. The Kier molecular flexibility index (Phi) is 4.55. The highest BCUT2D eigenvalue weighted by molar-refractivity contribution is 5.76. The van der Waals surface area contributed by atoms with Gasteiger partial charge in [-0.05, 0) is 50.1 Å². The van der Waals surface area contributed by atoms with Crippen LogP contribution in [0.4, 0.5) is 5.82 Å². The molecule has 0 spiro atoms. The molecule has 1 aliphatic rings. The predicted octanol–water partition coefficient (Wildman–Crippen LogP) is 4.54. The van der Waals surface area contributed by atoms with Gasteiger partial charge in [-0.1, -0.05) is 19.3 Å². The third-order valence-corrected chi connectivity index (χ3v) is 4.79. The number of benzene rings is 1. The van der Waals surface area contributed by atoms with Crippen molar-refractivity contribution in [1.29, 1.82) is 0 Å². The van der Waals surface area contributed by atoms with Gasteiger partial charge in [0.1, 0.15) is 17.3 Å². The van der Waals surface area contributed by atoms with Gasteiger partial charge in [0.25, 0.3) is 0 Å². The van der Waals surface area contributed by atoms with E-state index in [4.69, 9.17) is 9.72 Å². The summed E-state index contributed by atoms with van der Waals surface area (Å²) in [4.78, 5) is 9.19. The van der Waals surface area contributed by atoms with Gasteiger partial charge >= 0.3 is 0 Å². The number of imidazole rings is 1. The Balaban J connectivity index is 1.72. The fraction of sp³-hybridized carbons (Fsp3) is 0.400. The van der Waals surface area contributed by atoms with E-state index in [2.05, 4.69) is 26.8 Å². The molecule has 0 atom stereocenters. The molecule has 0 amide bonds. The normalized spacial score (nSPS) is 15.4. The third kappa shape index (κ3) is 3.31. The van der Waals surface area contributed by atoms with Crippen molar-refractivity contribution in [3.05, 3.63) is 42.7 Å². The summed E-state index contributed by atoms with van der Waals surface area (Å²) in [7, 11) is 0. The Morgan fingerprint density at radius 2 is 1.96 bits per heavy atom. The fourth-order valence-electron chi connectivity index (χ4n) is 3.54. The first kappa shape index (κ1) is 15.9. The van der Waals surface area contributed by atoms with Crippen LogP contribution < -0.4 is 10.1 Å². The number of aromatic nitrogens is 3. The van der Waals surface area contributed by atoms with Gasteiger partial charge in [-0.3, -0.25) is 4.40 Å². The van der Waals surface area contributed by atoms with Gasteiger partial charge in [-0.15, -0.1) is 0 Å². The quantitative estimate of drug-likeness (QED) is 0.743. The van der Waals surface area contributed by atoms with E-state index in [1.54, 1.807) is 6.20 Å². The summed E-state index contributed by atoms with van der Waals surface area (Å²) in [6, 6.07) is 10.6. The topological polar surface area (TPSA) is 51.5 Å². The number of rotatable bonds is 5. The zero-order valence-electron chi connectivity index (χ0n) is 14.6. The number of nitrogens with one attached hydrogen (secondary N) is 1. The molecule has 0 unspecified atom stereocenters. The second kappa shape index (κ2) is 7.13. The molecule has 130 valence electrons. The molecule has 0 aliphatic heterocycles. The maximum atomic E-state index is 5.55. The summed E-state index contributed by atoms with van der Waals surface area (Å²) in [5, 5.41) is 3.74. The number of nitrogens with zero attached hydrogens (tertiary/aromatic N) is 3. The van der Waals surface area contributed by atoms with Gasteiger partial charge in [-0.2, -0.15) is 0 Å². The minimum Gasteiger partial charge on any atom is -0.494 e. The Morgan fingerprint density at radius 1 is 1.16 bits per heavy atom. The first-order chi connectivity index (χ1) is 12.3. The molecule has 1 N–H and O–H groups in total. The summed E-state index contributed by atoms with van der Waals surface area (Å²) >= 11 is 0. The highest BCUT2D eigenvalue weighted by atomic mass is 16.5. The van der Waals surface area contributed by atoms with Crippen molar-refractivity contribution < 1.29 is 4.74 Å². The summed E-state index contributed by atoms with van der Waals surface area (Å²) in [6.07, 6.45) is 10.2. The van der Waals surface area contributed by atoms with Crippen molar-refractivity contribution in [2.24, 2.45) is 0 Å². The zero-order chi connectivity index (χ0) is 17.1. The Bertz CT molecular complexity index is 835. The van der Waals surface area contributed by atoms with E-state index in [9.17, 15) is 0 Å². The van der Waals surface area contributed by atoms with Crippen molar-refractivity contribution in [2.45, 2.75) is 45.1 Å². The van der Waals surface area contributed by atoms with Gasteiger partial charge in [-0.25, -0.2) is 9.97 Å². The highest BCUT2D eigenvalue weighted by Crippen LogP contribution is 2.31. The van der Waals surface area contributed by atoms with E-state index in [1.165, 1.54) is 32.1 Å². The van der Waals surface area contributed by atoms with Crippen LogP contribution in [0.15, 0.2) is 42.7 Å². The van der Waals surface area contributed by atoms with Crippen molar-refractivity contribution in [3.63, 3.8) is 0 Å². The second-order valence-electron chi connectivity index (χ2n) is 6.54. The Hall–Kier alpha value is -2.56. The van der Waals surface area contributed by atoms with Gasteiger partial charge in [0.05, 0.1) is 6.61 Å². The molecule has 5 heteroatoms. The van der Waals surface area contributed by atoms with Crippen LogP contribution in [-0.4, -0.2) is 27.0 Å². The van der Waals surface area contributed by atoms with Crippen molar-refractivity contribution >= 4 is 11.6 Å². The molecule has 25 heavy (non-hydrogen) atoms. The molecular weight excluding hydrogens is 312 g/mol. The molecule has 0 radical (unpaired) electrons. The van der Waals surface area contributed by atoms with Crippen LogP contribution in [0.3, 0.4) is 0 Å². The van der Waals surface area contributed by atoms with Gasteiger partial charge in [0, 0.05) is 24.0 Å². The van der Waals surface area contributed by atoms with Gasteiger partial charge in [0.2, 0.25) is 5.78 Å². The average Bonchev–Trinajstić information content (AvgIpc) is 3.02. The average molecular weight is 336 g/mol. The van der Waals surface area contributed by atoms with E-state index >= 15 is 0 Å². The van der Waals surface area contributed by atoms with Crippen LogP contribution in [0.25, 0.3) is 17.0 Å². The predicted molar refractivity (Wildman–Crippen MR) is 100 cm³/mol. The summed E-state index contributed by atoms with van der Waals surface area (Å²) in [6.45, 7) is 2.67. The van der Waals surface area contributed by atoms with Crippen LogP contribution in [0.1, 0.15) is 39.0 Å². The van der Waals surface area contributed by atoms with Crippen LogP contribution >= 0.6 is 0 Å². The lowest BCUT2D eigenvalue weighted by Gasteiger charge is -2.24. The molecule has 1 saturated carbocycles. The lowest BCUT2D eigenvalue weighted by atomic mass is 9.95. The molecule has 2 aromatic heterocycles. The maximum Gasteiger partial charge on any atom is 0.235 e.